The number of sulfonamides is 1. The third kappa shape index (κ3) is 3.90. The van der Waals surface area contributed by atoms with Gasteiger partial charge in [0, 0.05) is 32.5 Å². The van der Waals surface area contributed by atoms with E-state index >= 15 is 0 Å². The van der Waals surface area contributed by atoms with E-state index in [1.165, 1.54) is 16.4 Å². The smallest absolute Gasteiger partial charge is 0.322 e. The van der Waals surface area contributed by atoms with Gasteiger partial charge in [-0.15, -0.1) is 0 Å². The number of rotatable bonds is 4. The van der Waals surface area contributed by atoms with Crippen molar-refractivity contribution in [3.8, 4) is 5.75 Å². The van der Waals surface area contributed by atoms with Crippen molar-refractivity contribution in [3.63, 3.8) is 0 Å². The van der Waals surface area contributed by atoms with E-state index in [-0.39, 0.29) is 46.3 Å². The molecule has 0 radical (unpaired) electrons. The number of phenolic OH excluding ortho intramolecular Hbond substituents is 1. The lowest BCUT2D eigenvalue weighted by Gasteiger charge is -2.42. The Hall–Kier alpha value is -1.84. The van der Waals surface area contributed by atoms with Gasteiger partial charge >= 0.3 is 5.97 Å². The summed E-state index contributed by atoms with van der Waals surface area (Å²) in [6.45, 7) is 1.07. The SMILES string of the molecule is O=C1CN(Cc2ccccc2)C2(CCN(S(=O)(=O)c3cc(Cl)c(O)c(Cl)c3)CC2)O1. The molecule has 0 aromatic heterocycles. The maximum absolute atomic E-state index is 13.0. The third-order valence-electron chi connectivity index (χ3n) is 5.55. The van der Waals surface area contributed by atoms with Crippen molar-refractivity contribution in [2.45, 2.75) is 30.0 Å². The van der Waals surface area contributed by atoms with Gasteiger partial charge in [-0.25, -0.2) is 8.42 Å². The lowest BCUT2D eigenvalue weighted by atomic mass is 9.99. The van der Waals surface area contributed by atoms with E-state index in [9.17, 15) is 18.3 Å². The number of phenols is 1. The summed E-state index contributed by atoms with van der Waals surface area (Å²) >= 11 is 11.8. The summed E-state index contributed by atoms with van der Waals surface area (Å²) in [4.78, 5) is 14.0. The van der Waals surface area contributed by atoms with Gasteiger partial charge in [0.05, 0.1) is 14.9 Å². The first-order chi connectivity index (χ1) is 14.2. The van der Waals surface area contributed by atoms with Crippen LogP contribution < -0.4 is 0 Å². The summed E-state index contributed by atoms with van der Waals surface area (Å²) in [7, 11) is -3.87. The van der Waals surface area contributed by atoms with Crippen LogP contribution in [0.3, 0.4) is 0 Å². The molecule has 0 amide bonds. The number of halogens is 2. The lowest BCUT2D eigenvalue weighted by Crippen LogP contribution is -2.53. The fourth-order valence-corrected chi connectivity index (χ4v) is 6.06. The Morgan fingerprint density at radius 3 is 2.27 bits per heavy atom. The molecule has 2 aliphatic rings. The number of carbonyl (C=O) groups is 1. The zero-order chi connectivity index (χ0) is 21.5. The van der Waals surface area contributed by atoms with E-state index in [1.54, 1.807) is 0 Å². The highest BCUT2D eigenvalue weighted by Gasteiger charge is 2.50. The molecule has 2 aromatic carbocycles. The van der Waals surface area contributed by atoms with Crippen LogP contribution in [0.4, 0.5) is 0 Å². The predicted molar refractivity (Wildman–Crippen MR) is 112 cm³/mol. The number of aromatic hydroxyl groups is 1. The molecule has 2 heterocycles. The van der Waals surface area contributed by atoms with Crippen molar-refractivity contribution < 1.29 is 23.1 Å². The first kappa shape index (κ1) is 21.4. The van der Waals surface area contributed by atoms with E-state index < -0.39 is 15.7 Å². The fourth-order valence-electron chi connectivity index (χ4n) is 3.95. The van der Waals surface area contributed by atoms with Crippen LogP contribution in [0.1, 0.15) is 18.4 Å². The Kier molecular flexibility index (Phi) is 5.71. The lowest BCUT2D eigenvalue weighted by molar-refractivity contribution is -0.160. The van der Waals surface area contributed by atoms with Gasteiger partial charge in [0.2, 0.25) is 10.0 Å². The van der Waals surface area contributed by atoms with Gasteiger partial charge in [-0.3, -0.25) is 9.69 Å². The van der Waals surface area contributed by atoms with Gasteiger partial charge in [0.25, 0.3) is 0 Å². The van der Waals surface area contributed by atoms with Crippen LogP contribution in [-0.4, -0.2) is 54.1 Å². The molecular formula is C20H20Cl2N2O5S. The number of esters is 1. The standard InChI is InChI=1S/C20H20Cl2N2O5S/c21-16-10-15(11-17(22)19(16)26)30(27,28)24-8-6-20(7-9-24)23(13-18(25)29-20)12-14-4-2-1-3-5-14/h1-5,10-11,26H,6-9,12-13H2. The molecule has 160 valence electrons. The van der Waals surface area contributed by atoms with E-state index in [1.807, 2.05) is 35.2 Å². The average Bonchev–Trinajstić information content (AvgIpc) is 3.01. The summed E-state index contributed by atoms with van der Waals surface area (Å²) in [6.07, 6.45) is 0.703. The van der Waals surface area contributed by atoms with Gasteiger partial charge in [0.1, 0.15) is 6.54 Å². The van der Waals surface area contributed by atoms with Gasteiger partial charge in [-0.05, 0) is 17.7 Å². The predicted octanol–water partition coefficient (Wildman–Crippen LogP) is 3.24. The Morgan fingerprint density at radius 2 is 1.67 bits per heavy atom. The van der Waals surface area contributed by atoms with Crippen molar-refractivity contribution in [2.24, 2.45) is 0 Å². The molecule has 30 heavy (non-hydrogen) atoms. The van der Waals surface area contributed by atoms with Crippen molar-refractivity contribution in [1.29, 1.82) is 0 Å². The summed E-state index contributed by atoms with van der Waals surface area (Å²) in [5.74, 6) is -0.663. The number of benzene rings is 2. The van der Waals surface area contributed by atoms with Gasteiger partial charge < -0.3 is 9.84 Å². The molecule has 0 bridgehead atoms. The van der Waals surface area contributed by atoms with Crippen LogP contribution in [0, 0.1) is 0 Å². The molecule has 0 aliphatic carbocycles. The summed E-state index contributed by atoms with van der Waals surface area (Å²) in [6, 6.07) is 12.1. The number of nitrogens with zero attached hydrogens (tertiary/aromatic N) is 2. The maximum Gasteiger partial charge on any atom is 0.322 e. The highest BCUT2D eigenvalue weighted by molar-refractivity contribution is 7.89. The normalized spacial score (nSPS) is 19.9. The Balaban J connectivity index is 1.53. The Morgan fingerprint density at radius 1 is 1.07 bits per heavy atom. The zero-order valence-electron chi connectivity index (χ0n) is 15.9. The number of carbonyl (C=O) groups excluding carboxylic acids is 1. The molecule has 1 spiro atoms. The van der Waals surface area contributed by atoms with E-state index in [4.69, 9.17) is 27.9 Å². The molecule has 2 aromatic rings. The minimum absolute atomic E-state index is 0.0872. The van der Waals surface area contributed by atoms with E-state index in [2.05, 4.69) is 0 Å². The third-order valence-corrected chi connectivity index (χ3v) is 8.00. The molecule has 0 atom stereocenters. The quantitative estimate of drug-likeness (QED) is 0.690. The topological polar surface area (TPSA) is 87.2 Å². The second-order valence-corrected chi connectivity index (χ2v) is 10.2. The van der Waals surface area contributed by atoms with E-state index in [0.29, 0.717) is 19.4 Å². The monoisotopic (exact) mass is 470 g/mol. The largest absolute Gasteiger partial charge is 0.505 e. The van der Waals surface area contributed by atoms with Gasteiger partial charge in [-0.1, -0.05) is 53.5 Å². The van der Waals surface area contributed by atoms with Crippen molar-refractivity contribution in [2.75, 3.05) is 19.6 Å². The number of ether oxygens (including phenoxy) is 1. The number of piperidine rings is 1. The van der Waals surface area contributed by atoms with Crippen LogP contribution in [0.15, 0.2) is 47.4 Å². The van der Waals surface area contributed by atoms with E-state index in [0.717, 1.165) is 5.56 Å². The molecular weight excluding hydrogens is 451 g/mol. The highest BCUT2D eigenvalue weighted by atomic mass is 35.5. The van der Waals surface area contributed by atoms with Crippen LogP contribution in [0.2, 0.25) is 10.0 Å². The summed E-state index contributed by atoms with van der Waals surface area (Å²) in [5, 5.41) is 9.43. The maximum atomic E-state index is 13.0. The minimum Gasteiger partial charge on any atom is -0.505 e. The van der Waals surface area contributed by atoms with Gasteiger partial charge in [-0.2, -0.15) is 4.31 Å². The van der Waals surface area contributed by atoms with Crippen molar-refractivity contribution in [1.82, 2.24) is 9.21 Å². The average molecular weight is 471 g/mol. The van der Waals surface area contributed by atoms with Crippen LogP contribution in [-0.2, 0) is 26.1 Å². The zero-order valence-corrected chi connectivity index (χ0v) is 18.3. The molecule has 2 fully saturated rings. The molecule has 2 aliphatic heterocycles. The molecule has 0 unspecified atom stereocenters. The van der Waals surface area contributed by atoms with Crippen LogP contribution in [0.5, 0.6) is 5.75 Å². The molecule has 1 N–H and O–H groups in total. The Labute approximate surface area is 184 Å². The number of hydrogen-bond acceptors (Lipinski definition) is 6. The Bertz CT molecular complexity index is 1050. The first-order valence-electron chi connectivity index (χ1n) is 9.40. The highest BCUT2D eigenvalue weighted by Crippen LogP contribution is 2.39. The molecule has 7 nitrogen and oxygen atoms in total. The minimum atomic E-state index is -3.87. The molecule has 10 heteroatoms. The van der Waals surface area contributed by atoms with Gasteiger partial charge in [0.15, 0.2) is 11.5 Å². The first-order valence-corrected chi connectivity index (χ1v) is 11.6. The van der Waals surface area contributed by atoms with Crippen LogP contribution >= 0.6 is 23.2 Å². The molecule has 4 rings (SSSR count). The van der Waals surface area contributed by atoms with Crippen molar-refractivity contribution >= 4 is 39.2 Å². The second kappa shape index (κ2) is 8.01. The summed E-state index contributed by atoms with van der Waals surface area (Å²) in [5.41, 5.74) is 0.238. The molecule has 2 saturated heterocycles. The second-order valence-electron chi connectivity index (χ2n) is 7.40. The van der Waals surface area contributed by atoms with Crippen molar-refractivity contribution in [3.05, 3.63) is 58.1 Å². The number of hydrogen-bond donors (Lipinski definition) is 1. The fraction of sp³-hybridized carbons (Fsp3) is 0.350. The van der Waals surface area contributed by atoms with Crippen LogP contribution in [0.25, 0.3) is 0 Å². The summed E-state index contributed by atoms with van der Waals surface area (Å²) < 4.78 is 33.1. The molecule has 0 saturated carbocycles.